The van der Waals surface area contributed by atoms with Gasteiger partial charge < -0.3 is 19.5 Å². The molecule has 5 nitrogen and oxygen atoms in total. The number of carbonyl (C=O) groups is 1. The SMILES string of the molecule is C#CCOCC(COCC#C)(COCC#C)NC=O. The van der Waals surface area contributed by atoms with Gasteiger partial charge in [0.25, 0.3) is 0 Å². The molecule has 0 unspecified atom stereocenters. The quantitative estimate of drug-likeness (QED) is 0.308. The van der Waals surface area contributed by atoms with Crippen LogP contribution in [0.4, 0.5) is 0 Å². The Hall–Kier alpha value is -1.97. The van der Waals surface area contributed by atoms with Crippen LogP contribution in [0, 0.1) is 37.0 Å². The largest absolute Gasteiger partial charge is 0.366 e. The van der Waals surface area contributed by atoms with Gasteiger partial charge in [-0.2, -0.15) is 0 Å². The number of rotatable bonds is 11. The van der Waals surface area contributed by atoms with Gasteiger partial charge in [-0.05, 0) is 0 Å². The van der Waals surface area contributed by atoms with E-state index in [2.05, 4.69) is 23.1 Å². The summed E-state index contributed by atoms with van der Waals surface area (Å²) in [6.07, 6.45) is 15.8. The van der Waals surface area contributed by atoms with Crippen LogP contribution >= 0.6 is 0 Å². The van der Waals surface area contributed by atoms with E-state index in [9.17, 15) is 4.79 Å². The van der Waals surface area contributed by atoms with Gasteiger partial charge in [0.15, 0.2) is 0 Å². The third kappa shape index (κ3) is 7.86. The lowest BCUT2D eigenvalue weighted by Gasteiger charge is -2.31. The predicted octanol–water partition coefficient (Wildman–Crippen LogP) is -0.579. The van der Waals surface area contributed by atoms with Crippen molar-refractivity contribution in [3.05, 3.63) is 0 Å². The van der Waals surface area contributed by atoms with Gasteiger partial charge in [-0.1, -0.05) is 17.8 Å². The average Bonchev–Trinajstić information content (AvgIpc) is 2.40. The van der Waals surface area contributed by atoms with Gasteiger partial charge in [-0.3, -0.25) is 4.79 Å². The minimum atomic E-state index is -0.869. The van der Waals surface area contributed by atoms with Crippen molar-refractivity contribution in [2.24, 2.45) is 0 Å². The Labute approximate surface area is 114 Å². The molecule has 0 bridgehead atoms. The highest BCUT2D eigenvalue weighted by Gasteiger charge is 2.31. The van der Waals surface area contributed by atoms with Crippen LogP contribution in [0.15, 0.2) is 0 Å². The van der Waals surface area contributed by atoms with Gasteiger partial charge >= 0.3 is 0 Å². The fraction of sp³-hybridized carbons (Fsp3) is 0.500. The van der Waals surface area contributed by atoms with Crippen molar-refractivity contribution in [1.29, 1.82) is 0 Å². The summed E-state index contributed by atoms with van der Waals surface area (Å²) >= 11 is 0. The number of carbonyl (C=O) groups excluding carboxylic acids is 1. The predicted molar refractivity (Wildman–Crippen MR) is 70.9 cm³/mol. The topological polar surface area (TPSA) is 56.8 Å². The first-order chi connectivity index (χ1) is 9.24. The van der Waals surface area contributed by atoms with E-state index in [4.69, 9.17) is 33.5 Å². The van der Waals surface area contributed by atoms with Crippen molar-refractivity contribution in [1.82, 2.24) is 5.32 Å². The fourth-order valence-electron chi connectivity index (χ4n) is 1.29. The Morgan fingerprint density at radius 2 is 1.26 bits per heavy atom. The number of ether oxygens (including phenoxy) is 3. The summed E-state index contributed by atoms with van der Waals surface area (Å²) in [5.74, 6) is 7.00. The molecule has 0 aliphatic rings. The first-order valence-corrected chi connectivity index (χ1v) is 5.49. The molecular formula is C14H17NO4. The maximum atomic E-state index is 10.7. The minimum absolute atomic E-state index is 0.118. The molecule has 0 aliphatic heterocycles. The molecule has 0 aliphatic carbocycles. The molecule has 1 amide bonds. The summed E-state index contributed by atoms with van der Waals surface area (Å²) in [7, 11) is 0. The van der Waals surface area contributed by atoms with Crippen LogP contribution < -0.4 is 5.32 Å². The molecule has 0 saturated carbocycles. The second-order valence-electron chi connectivity index (χ2n) is 3.63. The van der Waals surface area contributed by atoms with Gasteiger partial charge in [0, 0.05) is 0 Å². The van der Waals surface area contributed by atoms with Gasteiger partial charge in [0.1, 0.15) is 25.4 Å². The second-order valence-corrected chi connectivity index (χ2v) is 3.63. The molecule has 19 heavy (non-hydrogen) atoms. The number of nitrogens with one attached hydrogen (secondary N) is 1. The number of hydrogen-bond donors (Lipinski definition) is 1. The fourth-order valence-corrected chi connectivity index (χ4v) is 1.29. The maximum Gasteiger partial charge on any atom is 0.207 e. The lowest BCUT2D eigenvalue weighted by molar-refractivity contribution is -0.115. The Bertz CT molecular complexity index is 322. The number of amides is 1. The van der Waals surface area contributed by atoms with Gasteiger partial charge in [-0.25, -0.2) is 0 Å². The Kier molecular flexibility index (Phi) is 9.98. The highest BCUT2D eigenvalue weighted by Crippen LogP contribution is 2.08. The van der Waals surface area contributed by atoms with Crippen LogP contribution in [-0.4, -0.2) is 51.6 Å². The van der Waals surface area contributed by atoms with Crippen LogP contribution in [0.5, 0.6) is 0 Å². The standard InChI is InChI=1S/C14H17NO4/c1-4-7-17-10-14(15-13-16,11-18-8-5-2)12-19-9-6-3/h1-3,13H,7-12H2,(H,15,16). The molecular weight excluding hydrogens is 246 g/mol. The third-order valence-electron chi connectivity index (χ3n) is 2.06. The molecule has 0 aromatic carbocycles. The van der Waals surface area contributed by atoms with Gasteiger partial charge in [0.2, 0.25) is 6.41 Å². The second kappa shape index (κ2) is 11.1. The van der Waals surface area contributed by atoms with E-state index in [0.717, 1.165) is 0 Å². The normalized spacial score (nSPS) is 9.95. The first-order valence-electron chi connectivity index (χ1n) is 5.49. The molecule has 0 aromatic rings. The van der Waals surface area contributed by atoms with Crippen molar-refractivity contribution in [2.45, 2.75) is 5.54 Å². The zero-order chi connectivity index (χ0) is 14.4. The van der Waals surface area contributed by atoms with Crippen molar-refractivity contribution < 1.29 is 19.0 Å². The zero-order valence-electron chi connectivity index (χ0n) is 10.7. The van der Waals surface area contributed by atoms with Crippen LogP contribution in [-0.2, 0) is 19.0 Å². The van der Waals surface area contributed by atoms with Crippen LogP contribution in [0.3, 0.4) is 0 Å². The van der Waals surface area contributed by atoms with E-state index in [1.807, 2.05) is 0 Å². The number of terminal acetylenes is 3. The highest BCUT2D eigenvalue weighted by molar-refractivity contribution is 5.48. The Balaban J connectivity index is 4.57. The van der Waals surface area contributed by atoms with E-state index >= 15 is 0 Å². The van der Waals surface area contributed by atoms with E-state index in [-0.39, 0.29) is 39.6 Å². The molecule has 0 spiro atoms. The summed E-state index contributed by atoms with van der Waals surface area (Å²) in [4.78, 5) is 10.7. The van der Waals surface area contributed by atoms with Crippen LogP contribution in [0.2, 0.25) is 0 Å². The van der Waals surface area contributed by atoms with Gasteiger partial charge in [-0.15, -0.1) is 19.3 Å². The van der Waals surface area contributed by atoms with E-state index in [0.29, 0.717) is 6.41 Å². The van der Waals surface area contributed by atoms with Crippen molar-refractivity contribution >= 4 is 6.41 Å². The Morgan fingerprint density at radius 3 is 1.53 bits per heavy atom. The lowest BCUT2D eigenvalue weighted by atomic mass is 10.0. The summed E-state index contributed by atoms with van der Waals surface area (Å²) in [6.45, 7) is 0.743. The summed E-state index contributed by atoms with van der Waals surface area (Å²) in [5, 5.41) is 2.61. The van der Waals surface area contributed by atoms with Crippen molar-refractivity contribution in [3.8, 4) is 37.0 Å². The minimum Gasteiger partial charge on any atom is -0.366 e. The van der Waals surface area contributed by atoms with Gasteiger partial charge in [0.05, 0.1) is 19.8 Å². The molecule has 0 fully saturated rings. The molecule has 1 N–H and O–H groups in total. The monoisotopic (exact) mass is 263 g/mol. The molecule has 0 radical (unpaired) electrons. The Morgan fingerprint density at radius 1 is 0.895 bits per heavy atom. The molecule has 0 aromatic heterocycles. The maximum absolute atomic E-state index is 10.7. The average molecular weight is 263 g/mol. The molecule has 102 valence electrons. The number of hydrogen-bond acceptors (Lipinski definition) is 4. The smallest absolute Gasteiger partial charge is 0.207 e. The molecule has 5 heteroatoms. The summed E-state index contributed by atoms with van der Waals surface area (Å²) in [6, 6.07) is 0. The van der Waals surface area contributed by atoms with Crippen LogP contribution in [0.25, 0.3) is 0 Å². The lowest BCUT2D eigenvalue weighted by Crippen LogP contribution is -2.56. The third-order valence-corrected chi connectivity index (χ3v) is 2.06. The zero-order valence-corrected chi connectivity index (χ0v) is 10.7. The van der Waals surface area contributed by atoms with E-state index < -0.39 is 5.54 Å². The molecule has 0 saturated heterocycles. The molecule has 0 atom stereocenters. The van der Waals surface area contributed by atoms with E-state index in [1.54, 1.807) is 0 Å². The van der Waals surface area contributed by atoms with Crippen molar-refractivity contribution in [2.75, 3.05) is 39.6 Å². The molecule has 0 heterocycles. The van der Waals surface area contributed by atoms with Crippen molar-refractivity contribution in [3.63, 3.8) is 0 Å². The first kappa shape index (κ1) is 17.0. The molecule has 0 rings (SSSR count). The summed E-state index contributed by atoms with van der Waals surface area (Å²) < 4.78 is 15.7. The highest BCUT2D eigenvalue weighted by atomic mass is 16.5. The van der Waals surface area contributed by atoms with Crippen LogP contribution in [0.1, 0.15) is 0 Å². The van der Waals surface area contributed by atoms with E-state index in [1.165, 1.54) is 0 Å². The summed E-state index contributed by atoms with van der Waals surface area (Å²) in [5.41, 5.74) is -0.869.